The summed E-state index contributed by atoms with van der Waals surface area (Å²) in [5.74, 6) is 1.93. The zero-order valence-electron chi connectivity index (χ0n) is 12.8. The molecule has 114 valence electrons. The van der Waals surface area contributed by atoms with Gasteiger partial charge in [0.15, 0.2) is 5.78 Å². The summed E-state index contributed by atoms with van der Waals surface area (Å²) in [6, 6.07) is 8.43. The van der Waals surface area contributed by atoms with Crippen molar-refractivity contribution < 1.29 is 9.53 Å². The first-order valence-electron chi connectivity index (χ1n) is 8.18. The maximum atomic E-state index is 12.6. The number of hydrogen-bond acceptors (Lipinski definition) is 3. The van der Waals surface area contributed by atoms with E-state index in [0.29, 0.717) is 18.2 Å². The van der Waals surface area contributed by atoms with Crippen LogP contribution in [0.4, 0.5) is 0 Å². The van der Waals surface area contributed by atoms with E-state index in [9.17, 15) is 4.79 Å². The number of para-hydroxylation sites is 1. The first kappa shape index (κ1) is 14.6. The molecule has 3 rings (SSSR count). The van der Waals surface area contributed by atoms with Gasteiger partial charge in [0.05, 0.1) is 13.2 Å². The molecule has 1 aliphatic carbocycles. The second-order valence-electron chi connectivity index (χ2n) is 6.40. The number of ketones is 1. The highest BCUT2D eigenvalue weighted by molar-refractivity contribution is 5.86. The third kappa shape index (κ3) is 3.29. The van der Waals surface area contributed by atoms with Gasteiger partial charge in [0, 0.05) is 18.0 Å². The lowest BCUT2D eigenvalue weighted by Crippen LogP contribution is -2.52. The lowest BCUT2D eigenvalue weighted by molar-refractivity contribution is -0.121. The van der Waals surface area contributed by atoms with Gasteiger partial charge in [-0.25, -0.2) is 0 Å². The summed E-state index contributed by atoms with van der Waals surface area (Å²) < 4.78 is 5.35. The average molecular weight is 287 g/mol. The van der Waals surface area contributed by atoms with Crippen molar-refractivity contribution in [1.82, 2.24) is 5.32 Å². The first-order valence-corrected chi connectivity index (χ1v) is 8.18. The maximum Gasteiger partial charge on any atom is 0.154 e. The topological polar surface area (TPSA) is 38.3 Å². The SMILES string of the molecule is COc1ccccc1CC(=O)C1CCC2CCCCC2N1. The van der Waals surface area contributed by atoms with Crippen molar-refractivity contribution in [2.24, 2.45) is 5.92 Å². The van der Waals surface area contributed by atoms with Gasteiger partial charge in [-0.3, -0.25) is 4.79 Å². The van der Waals surface area contributed by atoms with Crippen LogP contribution in [0.2, 0.25) is 0 Å². The molecular formula is C18H25NO2. The Hall–Kier alpha value is -1.35. The summed E-state index contributed by atoms with van der Waals surface area (Å²) in [6.45, 7) is 0. The average Bonchev–Trinajstić information content (AvgIpc) is 2.55. The molecule has 1 aliphatic heterocycles. The molecule has 2 fully saturated rings. The summed E-state index contributed by atoms with van der Waals surface area (Å²) in [7, 11) is 1.66. The lowest BCUT2D eigenvalue weighted by Gasteiger charge is -2.40. The Balaban J connectivity index is 1.63. The van der Waals surface area contributed by atoms with Crippen LogP contribution in [0.1, 0.15) is 44.1 Å². The summed E-state index contributed by atoms with van der Waals surface area (Å²) in [4.78, 5) is 12.6. The molecule has 1 aromatic rings. The minimum Gasteiger partial charge on any atom is -0.496 e. The monoisotopic (exact) mass is 287 g/mol. The quantitative estimate of drug-likeness (QED) is 0.924. The number of carbonyl (C=O) groups is 1. The molecule has 3 nitrogen and oxygen atoms in total. The number of fused-ring (bicyclic) bond motifs is 1. The third-order valence-electron chi connectivity index (χ3n) is 5.10. The summed E-state index contributed by atoms with van der Waals surface area (Å²) in [6.07, 6.45) is 7.92. The van der Waals surface area contributed by atoms with Crippen LogP contribution < -0.4 is 10.1 Å². The van der Waals surface area contributed by atoms with Crippen LogP contribution in [0.25, 0.3) is 0 Å². The number of hydrogen-bond donors (Lipinski definition) is 1. The minimum absolute atomic E-state index is 0.0364. The van der Waals surface area contributed by atoms with Crippen LogP contribution in [0.15, 0.2) is 24.3 Å². The van der Waals surface area contributed by atoms with Crippen molar-refractivity contribution in [3.8, 4) is 5.75 Å². The molecule has 0 spiro atoms. The number of piperidine rings is 1. The van der Waals surface area contributed by atoms with Gasteiger partial charge in [0.25, 0.3) is 0 Å². The molecule has 0 radical (unpaired) electrons. The van der Waals surface area contributed by atoms with Crippen molar-refractivity contribution in [1.29, 1.82) is 0 Å². The standard InChI is InChI=1S/C18H25NO2/c1-21-18-9-5-3-7-14(18)12-17(20)16-11-10-13-6-2-4-8-15(13)19-16/h3,5,7,9,13,15-16,19H,2,4,6,8,10-12H2,1H3. The molecule has 1 saturated carbocycles. The summed E-state index contributed by atoms with van der Waals surface area (Å²) in [5.41, 5.74) is 0.998. The molecule has 2 aliphatic rings. The van der Waals surface area contributed by atoms with E-state index < -0.39 is 0 Å². The van der Waals surface area contributed by atoms with Gasteiger partial charge in [0.1, 0.15) is 5.75 Å². The van der Waals surface area contributed by atoms with Crippen molar-refractivity contribution in [3.05, 3.63) is 29.8 Å². The highest BCUT2D eigenvalue weighted by Gasteiger charge is 2.34. The van der Waals surface area contributed by atoms with Gasteiger partial charge >= 0.3 is 0 Å². The molecule has 0 aromatic heterocycles. The Morgan fingerprint density at radius 2 is 2.00 bits per heavy atom. The predicted octanol–water partition coefficient (Wildman–Crippen LogP) is 3.12. The zero-order chi connectivity index (χ0) is 14.7. The van der Waals surface area contributed by atoms with Gasteiger partial charge in [-0.15, -0.1) is 0 Å². The van der Waals surface area contributed by atoms with Crippen molar-refractivity contribution in [2.75, 3.05) is 7.11 Å². The van der Waals surface area contributed by atoms with Crippen LogP contribution in [-0.2, 0) is 11.2 Å². The first-order chi connectivity index (χ1) is 10.3. The molecular weight excluding hydrogens is 262 g/mol. The fourth-order valence-electron chi connectivity index (χ4n) is 3.91. The predicted molar refractivity (Wildman–Crippen MR) is 83.6 cm³/mol. The van der Waals surface area contributed by atoms with Crippen molar-refractivity contribution in [3.63, 3.8) is 0 Å². The van der Waals surface area contributed by atoms with Gasteiger partial charge < -0.3 is 10.1 Å². The number of ether oxygens (including phenoxy) is 1. The maximum absolute atomic E-state index is 12.6. The number of Topliss-reactive ketones (excluding diaryl/α,β-unsaturated/α-hetero) is 1. The fraction of sp³-hybridized carbons (Fsp3) is 0.611. The number of carbonyl (C=O) groups excluding carboxylic acids is 1. The van der Waals surface area contributed by atoms with E-state index in [4.69, 9.17) is 4.74 Å². The van der Waals surface area contributed by atoms with E-state index in [1.165, 1.54) is 32.1 Å². The largest absolute Gasteiger partial charge is 0.496 e. The number of nitrogens with one attached hydrogen (secondary N) is 1. The van der Waals surface area contributed by atoms with Crippen LogP contribution in [0, 0.1) is 5.92 Å². The van der Waals surface area contributed by atoms with Crippen molar-refractivity contribution >= 4 is 5.78 Å². The Labute approximate surface area is 127 Å². The Morgan fingerprint density at radius 1 is 1.19 bits per heavy atom. The van der Waals surface area contributed by atoms with E-state index in [0.717, 1.165) is 23.7 Å². The third-order valence-corrected chi connectivity index (χ3v) is 5.10. The second kappa shape index (κ2) is 6.61. The molecule has 0 bridgehead atoms. The lowest BCUT2D eigenvalue weighted by atomic mass is 9.77. The molecule has 3 atom stereocenters. The minimum atomic E-state index is 0.0364. The van der Waals surface area contributed by atoms with Crippen LogP contribution in [0.3, 0.4) is 0 Å². The van der Waals surface area contributed by atoms with Gasteiger partial charge in [-0.2, -0.15) is 0 Å². The van der Waals surface area contributed by atoms with Gasteiger partial charge in [-0.05, 0) is 37.7 Å². The molecule has 3 heteroatoms. The number of methoxy groups -OCH3 is 1. The van der Waals surface area contributed by atoms with E-state index >= 15 is 0 Å². The van der Waals surface area contributed by atoms with Gasteiger partial charge in [0.2, 0.25) is 0 Å². The zero-order valence-corrected chi connectivity index (χ0v) is 12.8. The van der Waals surface area contributed by atoms with Crippen molar-refractivity contribution in [2.45, 2.75) is 57.0 Å². The Morgan fingerprint density at radius 3 is 2.86 bits per heavy atom. The summed E-state index contributed by atoms with van der Waals surface area (Å²) in [5, 5.41) is 3.62. The smallest absolute Gasteiger partial charge is 0.154 e. The molecule has 3 unspecified atom stereocenters. The van der Waals surface area contributed by atoms with Crippen LogP contribution in [0.5, 0.6) is 5.75 Å². The van der Waals surface area contributed by atoms with E-state index in [2.05, 4.69) is 5.32 Å². The normalized spacial score (nSPS) is 28.7. The molecule has 0 amide bonds. The van der Waals surface area contributed by atoms with Crippen LogP contribution >= 0.6 is 0 Å². The molecule has 21 heavy (non-hydrogen) atoms. The number of benzene rings is 1. The van der Waals surface area contributed by atoms with Crippen LogP contribution in [-0.4, -0.2) is 25.0 Å². The summed E-state index contributed by atoms with van der Waals surface area (Å²) >= 11 is 0. The molecule has 1 saturated heterocycles. The Kier molecular flexibility index (Phi) is 4.59. The van der Waals surface area contributed by atoms with E-state index in [-0.39, 0.29) is 6.04 Å². The van der Waals surface area contributed by atoms with Gasteiger partial charge in [-0.1, -0.05) is 31.0 Å². The fourth-order valence-corrected chi connectivity index (χ4v) is 3.91. The highest BCUT2D eigenvalue weighted by atomic mass is 16.5. The highest BCUT2D eigenvalue weighted by Crippen LogP contribution is 2.32. The molecule has 1 heterocycles. The number of rotatable bonds is 4. The Bertz CT molecular complexity index is 500. The second-order valence-corrected chi connectivity index (χ2v) is 6.40. The molecule has 1 N–H and O–H groups in total. The molecule has 1 aromatic carbocycles. The van der Waals surface area contributed by atoms with E-state index in [1.54, 1.807) is 7.11 Å². The van der Waals surface area contributed by atoms with E-state index in [1.807, 2.05) is 24.3 Å².